The van der Waals surface area contributed by atoms with Gasteiger partial charge in [-0.1, -0.05) is 24.3 Å². The number of rotatable bonds is 2. The van der Waals surface area contributed by atoms with Crippen LogP contribution in [0.2, 0.25) is 0 Å². The zero-order valence-electron chi connectivity index (χ0n) is 11.2. The van der Waals surface area contributed by atoms with Crippen LogP contribution in [0.1, 0.15) is 26.4 Å². The minimum atomic E-state index is -0.273. The van der Waals surface area contributed by atoms with E-state index in [4.69, 9.17) is 0 Å². The standard InChI is InChI=1S/C17H13FOS/c1-10-4-3-5-14(11(10)2)17(19)16-8-12-6-7-13(18)9-15(12)20-16/h3-9H,1-2H3. The molecule has 0 radical (unpaired) electrons. The smallest absolute Gasteiger partial charge is 0.203 e. The van der Waals surface area contributed by atoms with Crippen LogP contribution in [-0.2, 0) is 0 Å². The first-order valence-corrected chi connectivity index (χ1v) is 7.18. The molecule has 0 saturated carbocycles. The maximum absolute atomic E-state index is 13.2. The molecule has 0 aliphatic heterocycles. The van der Waals surface area contributed by atoms with Gasteiger partial charge in [-0.3, -0.25) is 4.79 Å². The summed E-state index contributed by atoms with van der Waals surface area (Å²) in [5.74, 6) is -0.266. The Hall–Kier alpha value is -2.00. The quantitative estimate of drug-likeness (QED) is 0.612. The van der Waals surface area contributed by atoms with E-state index >= 15 is 0 Å². The first kappa shape index (κ1) is 13.0. The molecule has 3 rings (SSSR count). The molecular formula is C17H13FOS. The van der Waals surface area contributed by atoms with Gasteiger partial charge in [0.1, 0.15) is 5.82 Å². The number of carbonyl (C=O) groups is 1. The highest BCUT2D eigenvalue weighted by atomic mass is 32.1. The summed E-state index contributed by atoms with van der Waals surface area (Å²) in [4.78, 5) is 13.2. The SMILES string of the molecule is Cc1cccc(C(=O)c2cc3ccc(F)cc3s2)c1C. The highest BCUT2D eigenvalue weighted by Gasteiger charge is 2.15. The Morgan fingerprint density at radius 1 is 1.10 bits per heavy atom. The molecule has 100 valence electrons. The van der Waals surface area contributed by atoms with E-state index in [1.165, 1.54) is 23.5 Å². The highest BCUT2D eigenvalue weighted by Crippen LogP contribution is 2.29. The fourth-order valence-electron chi connectivity index (χ4n) is 2.25. The summed E-state index contributed by atoms with van der Waals surface area (Å²) in [6, 6.07) is 12.2. The summed E-state index contributed by atoms with van der Waals surface area (Å²) in [5.41, 5.74) is 2.82. The molecule has 1 aromatic heterocycles. The lowest BCUT2D eigenvalue weighted by molar-refractivity contribution is 0.104. The molecule has 0 atom stereocenters. The van der Waals surface area contributed by atoms with E-state index in [1.54, 1.807) is 6.07 Å². The van der Waals surface area contributed by atoms with Crippen molar-refractivity contribution in [1.29, 1.82) is 0 Å². The fraction of sp³-hybridized carbons (Fsp3) is 0.118. The second kappa shape index (κ2) is 4.84. The van der Waals surface area contributed by atoms with E-state index in [1.807, 2.05) is 38.1 Å². The molecule has 2 aromatic carbocycles. The highest BCUT2D eigenvalue weighted by molar-refractivity contribution is 7.21. The molecule has 1 heterocycles. The lowest BCUT2D eigenvalue weighted by Crippen LogP contribution is -2.02. The number of carbonyl (C=O) groups excluding carboxylic acids is 1. The number of aryl methyl sites for hydroxylation is 1. The van der Waals surface area contributed by atoms with Gasteiger partial charge in [0, 0.05) is 10.3 Å². The first-order chi connectivity index (χ1) is 9.56. The normalized spacial score (nSPS) is 10.9. The van der Waals surface area contributed by atoms with Crippen molar-refractivity contribution in [3.05, 3.63) is 69.8 Å². The maximum atomic E-state index is 13.2. The predicted molar refractivity (Wildman–Crippen MR) is 81.1 cm³/mol. The second-order valence-electron chi connectivity index (χ2n) is 4.87. The van der Waals surface area contributed by atoms with Crippen LogP contribution in [0.3, 0.4) is 0 Å². The van der Waals surface area contributed by atoms with Gasteiger partial charge in [0.15, 0.2) is 0 Å². The van der Waals surface area contributed by atoms with Crippen LogP contribution >= 0.6 is 11.3 Å². The molecule has 3 aromatic rings. The number of benzene rings is 2. The summed E-state index contributed by atoms with van der Waals surface area (Å²) >= 11 is 1.34. The predicted octanol–water partition coefficient (Wildman–Crippen LogP) is 4.89. The van der Waals surface area contributed by atoms with E-state index in [9.17, 15) is 9.18 Å². The van der Waals surface area contributed by atoms with Crippen LogP contribution in [-0.4, -0.2) is 5.78 Å². The molecule has 0 spiro atoms. The molecular weight excluding hydrogens is 271 g/mol. The van der Waals surface area contributed by atoms with Crippen molar-refractivity contribution in [2.24, 2.45) is 0 Å². The van der Waals surface area contributed by atoms with Gasteiger partial charge >= 0.3 is 0 Å². The van der Waals surface area contributed by atoms with Crippen molar-refractivity contribution >= 4 is 27.2 Å². The largest absolute Gasteiger partial charge is 0.288 e. The number of thiophene rings is 1. The Labute approximate surface area is 120 Å². The summed E-state index contributed by atoms with van der Waals surface area (Å²) in [5, 5.41) is 0.907. The maximum Gasteiger partial charge on any atom is 0.203 e. The Balaban J connectivity index is 2.10. The van der Waals surface area contributed by atoms with E-state index in [-0.39, 0.29) is 11.6 Å². The van der Waals surface area contributed by atoms with Gasteiger partial charge in [-0.15, -0.1) is 11.3 Å². The van der Waals surface area contributed by atoms with Gasteiger partial charge in [-0.2, -0.15) is 0 Å². The van der Waals surface area contributed by atoms with Gasteiger partial charge < -0.3 is 0 Å². The van der Waals surface area contributed by atoms with Crippen molar-refractivity contribution in [3.8, 4) is 0 Å². The molecule has 0 saturated heterocycles. The number of halogens is 1. The van der Waals surface area contributed by atoms with E-state index in [2.05, 4.69) is 0 Å². The Morgan fingerprint density at radius 3 is 2.70 bits per heavy atom. The lowest BCUT2D eigenvalue weighted by Gasteiger charge is -2.05. The summed E-state index contributed by atoms with van der Waals surface area (Å²) in [6.45, 7) is 3.95. The van der Waals surface area contributed by atoms with E-state index < -0.39 is 0 Å². The zero-order chi connectivity index (χ0) is 14.3. The lowest BCUT2D eigenvalue weighted by atomic mass is 9.99. The van der Waals surface area contributed by atoms with Gasteiger partial charge in [0.05, 0.1) is 4.88 Å². The van der Waals surface area contributed by atoms with Crippen molar-refractivity contribution in [2.75, 3.05) is 0 Å². The van der Waals surface area contributed by atoms with Gasteiger partial charge in [-0.25, -0.2) is 4.39 Å². The Bertz CT molecular complexity index is 817. The third kappa shape index (κ3) is 2.14. The number of fused-ring (bicyclic) bond motifs is 1. The van der Waals surface area contributed by atoms with Gasteiger partial charge in [0.2, 0.25) is 5.78 Å². The molecule has 0 bridgehead atoms. The molecule has 3 heteroatoms. The Kier molecular flexibility index (Phi) is 3.14. The van der Waals surface area contributed by atoms with Crippen molar-refractivity contribution < 1.29 is 9.18 Å². The molecule has 0 N–H and O–H groups in total. The molecule has 1 nitrogen and oxygen atoms in total. The first-order valence-electron chi connectivity index (χ1n) is 6.36. The van der Waals surface area contributed by atoms with Crippen LogP contribution in [0.15, 0.2) is 42.5 Å². The molecule has 0 fully saturated rings. The average molecular weight is 284 g/mol. The van der Waals surface area contributed by atoms with Crippen molar-refractivity contribution in [1.82, 2.24) is 0 Å². The zero-order valence-corrected chi connectivity index (χ0v) is 12.1. The number of hydrogen-bond acceptors (Lipinski definition) is 2. The third-order valence-electron chi connectivity index (χ3n) is 3.56. The molecule has 0 aliphatic rings. The number of hydrogen-bond donors (Lipinski definition) is 0. The second-order valence-corrected chi connectivity index (χ2v) is 5.95. The minimum absolute atomic E-state index is 0.00723. The van der Waals surface area contributed by atoms with E-state index in [0.29, 0.717) is 4.88 Å². The van der Waals surface area contributed by atoms with Crippen molar-refractivity contribution in [2.45, 2.75) is 13.8 Å². The van der Waals surface area contributed by atoms with Crippen LogP contribution < -0.4 is 0 Å². The summed E-state index contributed by atoms with van der Waals surface area (Å²) in [7, 11) is 0. The van der Waals surface area contributed by atoms with Gasteiger partial charge in [0.25, 0.3) is 0 Å². The van der Waals surface area contributed by atoms with Crippen LogP contribution in [0.4, 0.5) is 4.39 Å². The fourth-order valence-corrected chi connectivity index (χ4v) is 3.29. The third-order valence-corrected chi connectivity index (χ3v) is 4.65. The summed E-state index contributed by atoms with van der Waals surface area (Å²) < 4.78 is 14.0. The van der Waals surface area contributed by atoms with Crippen molar-refractivity contribution in [3.63, 3.8) is 0 Å². The molecule has 0 aliphatic carbocycles. The van der Waals surface area contributed by atoms with Crippen LogP contribution in [0.25, 0.3) is 10.1 Å². The van der Waals surface area contributed by atoms with E-state index in [0.717, 1.165) is 26.8 Å². The van der Waals surface area contributed by atoms with Crippen LogP contribution in [0.5, 0.6) is 0 Å². The summed E-state index contributed by atoms with van der Waals surface area (Å²) in [6.07, 6.45) is 0. The minimum Gasteiger partial charge on any atom is -0.288 e. The van der Waals surface area contributed by atoms with Gasteiger partial charge in [-0.05, 0) is 48.6 Å². The average Bonchev–Trinajstić information content (AvgIpc) is 2.84. The molecule has 0 amide bonds. The monoisotopic (exact) mass is 284 g/mol. The topological polar surface area (TPSA) is 17.1 Å². The molecule has 0 unspecified atom stereocenters. The van der Waals surface area contributed by atoms with Crippen LogP contribution in [0, 0.1) is 19.7 Å². The molecule has 20 heavy (non-hydrogen) atoms. The number of ketones is 1. The Morgan fingerprint density at radius 2 is 1.90 bits per heavy atom.